The van der Waals surface area contributed by atoms with E-state index in [1.165, 1.54) is 0 Å². The Labute approximate surface area is 195 Å². The van der Waals surface area contributed by atoms with Gasteiger partial charge in [-0.1, -0.05) is 30.3 Å². The van der Waals surface area contributed by atoms with E-state index >= 15 is 0 Å². The van der Waals surface area contributed by atoms with Gasteiger partial charge in [0, 0.05) is 50.2 Å². The van der Waals surface area contributed by atoms with Crippen LogP contribution >= 0.6 is 0 Å². The van der Waals surface area contributed by atoms with Crippen LogP contribution in [0.5, 0.6) is 0 Å². The van der Waals surface area contributed by atoms with Crippen molar-refractivity contribution in [3.63, 3.8) is 0 Å². The molecule has 0 atom stereocenters. The summed E-state index contributed by atoms with van der Waals surface area (Å²) in [6.45, 7) is 2.74. The van der Waals surface area contributed by atoms with E-state index in [2.05, 4.69) is 9.88 Å². The van der Waals surface area contributed by atoms with Crippen LogP contribution in [0.2, 0.25) is 0 Å². The molecule has 0 spiro atoms. The van der Waals surface area contributed by atoms with E-state index in [-0.39, 0.29) is 11.8 Å². The molecule has 33 heavy (non-hydrogen) atoms. The molecule has 0 aliphatic carbocycles. The first kappa shape index (κ1) is 21.9. The number of anilines is 1. The molecular formula is C26H29N3O3S. The van der Waals surface area contributed by atoms with Gasteiger partial charge in [0.15, 0.2) is 9.84 Å². The van der Waals surface area contributed by atoms with Crippen molar-refractivity contribution in [1.29, 1.82) is 0 Å². The highest BCUT2D eigenvalue weighted by Gasteiger charge is 2.35. The molecule has 3 aromatic rings. The van der Waals surface area contributed by atoms with Gasteiger partial charge in [0.2, 0.25) is 5.91 Å². The number of likely N-dealkylation sites (tertiary alicyclic amines) is 1. The summed E-state index contributed by atoms with van der Waals surface area (Å²) in [4.78, 5) is 21.8. The number of sulfone groups is 1. The van der Waals surface area contributed by atoms with Crippen LogP contribution in [0.25, 0.3) is 10.8 Å². The lowest BCUT2D eigenvalue weighted by Crippen LogP contribution is -2.47. The number of pyridine rings is 1. The number of piperidine rings is 2. The number of amides is 1. The van der Waals surface area contributed by atoms with Gasteiger partial charge in [-0.25, -0.2) is 8.42 Å². The van der Waals surface area contributed by atoms with Crippen molar-refractivity contribution in [1.82, 2.24) is 9.88 Å². The lowest BCUT2D eigenvalue weighted by Gasteiger charge is -2.37. The fraction of sp³-hybridized carbons (Fsp3) is 0.385. The Morgan fingerprint density at radius 1 is 0.818 bits per heavy atom. The minimum Gasteiger partial charge on any atom is -0.371 e. The molecule has 0 bridgehead atoms. The summed E-state index contributed by atoms with van der Waals surface area (Å²) >= 11 is 0. The summed E-state index contributed by atoms with van der Waals surface area (Å²) < 4.78 is 26.5. The van der Waals surface area contributed by atoms with Crippen LogP contribution in [0.3, 0.4) is 0 Å². The molecule has 5 rings (SSSR count). The monoisotopic (exact) mass is 463 g/mol. The second-order valence-electron chi connectivity index (χ2n) is 9.05. The number of carbonyl (C=O) groups excluding carboxylic acids is 1. The summed E-state index contributed by atoms with van der Waals surface area (Å²) in [5.74, 6) is 0.211. The number of rotatable bonds is 4. The van der Waals surface area contributed by atoms with Crippen LogP contribution < -0.4 is 4.90 Å². The van der Waals surface area contributed by atoms with Crippen LogP contribution in [0, 0.1) is 5.92 Å². The second-order valence-corrected chi connectivity index (χ2v) is 11.3. The second kappa shape index (κ2) is 9.14. The number of benzene rings is 2. The fourth-order valence-electron chi connectivity index (χ4n) is 5.12. The van der Waals surface area contributed by atoms with Crippen molar-refractivity contribution in [2.45, 2.75) is 35.8 Å². The van der Waals surface area contributed by atoms with Gasteiger partial charge in [0.1, 0.15) is 0 Å². The minimum absolute atomic E-state index is 0.0248. The van der Waals surface area contributed by atoms with Crippen LogP contribution in [0.4, 0.5) is 5.69 Å². The maximum absolute atomic E-state index is 13.3. The van der Waals surface area contributed by atoms with Crippen molar-refractivity contribution in [3.05, 3.63) is 67.0 Å². The van der Waals surface area contributed by atoms with E-state index in [4.69, 9.17) is 0 Å². The van der Waals surface area contributed by atoms with Crippen molar-refractivity contribution < 1.29 is 13.2 Å². The predicted molar refractivity (Wildman–Crippen MR) is 130 cm³/mol. The molecule has 0 N–H and O–H groups in total. The van der Waals surface area contributed by atoms with Gasteiger partial charge in [0.25, 0.3) is 0 Å². The Morgan fingerprint density at radius 3 is 2.18 bits per heavy atom. The Balaban J connectivity index is 1.18. The number of aromatic nitrogens is 1. The van der Waals surface area contributed by atoms with Crippen LogP contribution in [0.15, 0.2) is 71.9 Å². The average Bonchev–Trinajstić information content (AvgIpc) is 2.88. The Kier molecular flexibility index (Phi) is 6.06. The summed E-state index contributed by atoms with van der Waals surface area (Å²) in [5.41, 5.74) is 1.15. The highest BCUT2D eigenvalue weighted by Crippen LogP contribution is 2.29. The fourth-order valence-corrected chi connectivity index (χ4v) is 6.89. The van der Waals surface area contributed by atoms with E-state index in [1.807, 2.05) is 47.4 Å². The third kappa shape index (κ3) is 4.47. The third-order valence-corrected chi connectivity index (χ3v) is 9.37. The van der Waals surface area contributed by atoms with Crippen LogP contribution in [0.1, 0.15) is 25.7 Å². The molecular weight excluding hydrogens is 434 g/mol. The highest BCUT2D eigenvalue weighted by atomic mass is 32.2. The van der Waals surface area contributed by atoms with E-state index in [1.54, 1.807) is 24.5 Å². The molecule has 0 radical (unpaired) electrons. The molecule has 3 heterocycles. The predicted octanol–water partition coefficient (Wildman–Crippen LogP) is 3.92. The number of fused-ring (bicyclic) bond motifs is 1. The van der Waals surface area contributed by atoms with E-state index in [0.29, 0.717) is 30.8 Å². The zero-order chi connectivity index (χ0) is 22.8. The van der Waals surface area contributed by atoms with E-state index in [0.717, 1.165) is 42.4 Å². The summed E-state index contributed by atoms with van der Waals surface area (Å²) in [6.07, 6.45) is 6.24. The zero-order valence-electron chi connectivity index (χ0n) is 18.6. The maximum Gasteiger partial charge on any atom is 0.225 e. The normalized spacial score (nSPS) is 18.5. The molecule has 7 heteroatoms. The number of carbonyl (C=O) groups is 1. The van der Waals surface area contributed by atoms with Gasteiger partial charge in [-0.05, 0) is 60.7 Å². The van der Waals surface area contributed by atoms with Gasteiger partial charge in [-0.15, -0.1) is 0 Å². The molecule has 0 saturated carbocycles. The highest BCUT2D eigenvalue weighted by molar-refractivity contribution is 7.92. The zero-order valence-corrected chi connectivity index (χ0v) is 19.5. The van der Waals surface area contributed by atoms with Crippen molar-refractivity contribution in [2.24, 2.45) is 5.92 Å². The Morgan fingerprint density at radius 2 is 1.48 bits per heavy atom. The summed E-state index contributed by atoms with van der Waals surface area (Å²) in [6, 6.07) is 17.2. The first-order chi connectivity index (χ1) is 16.0. The van der Waals surface area contributed by atoms with Crippen LogP contribution in [-0.2, 0) is 14.6 Å². The molecule has 1 amide bonds. The molecule has 2 aliphatic heterocycles. The molecule has 2 saturated heterocycles. The molecule has 172 valence electrons. The molecule has 2 fully saturated rings. The first-order valence-electron chi connectivity index (χ1n) is 11.7. The Hall–Kier alpha value is -2.93. The largest absolute Gasteiger partial charge is 0.371 e. The van der Waals surface area contributed by atoms with Gasteiger partial charge in [-0.3, -0.25) is 9.78 Å². The third-order valence-electron chi connectivity index (χ3n) is 7.11. The van der Waals surface area contributed by atoms with Gasteiger partial charge < -0.3 is 9.80 Å². The average molecular weight is 464 g/mol. The smallest absolute Gasteiger partial charge is 0.225 e. The number of hydrogen-bond acceptors (Lipinski definition) is 5. The van der Waals surface area contributed by atoms with Gasteiger partial charge in [-0.2, -0.15) is 0 Å². The summed E-state index contributed by atoms with van der Waals surface area (Å²) in [5, 5.41) is 1.53. The molecule has 6 nitrogen and oxygen atoms in total. The van der Waals surface area contributed by atoms with Crippen molar-refractivity contribution >= 4 is 32.2 Å². The van der Waals surface area contributed by atoms with Gasteiger partial charge in [0.05, 0.1) is 10.1 Å². The Bertz CT molecular complexity index is 1230. The molecule has 0 unspecified atom stereocenters. The lowest BCUT2D eigenvalue weighted by atomic mass is 9.94. The number of hydrogen-bond donors (Lipinski definition) is 0. The van der Waals surface area contributed by atoms with Gasteiger partial charge >= 0.3 is 0 Å². The maximum atomic E-state index is 13.3. The standard InChI is InChI=1S/C26H29N3O3S/c30-26(21-9-15-28(16-10-21)23-7-13-27-14-8-23)29-17-11-24(12-18-29)33(31,32)25-6-5-20-3-1-2-4-22(20)19-25/h1-8,13-14,19,21,24H,9-12,15-18H2. The lowest BCUT2D eigenvalue weighted by molar-refractivity contribution is -0.137. The minimum atomic E-state index is -3.42. The van der Waals surface area contributed by atoms with E-state index < -0.39 is 15.1 Å². The molecule has 1 aromatic heterocycles. The number of nitrogens with zero attached hydrogens (tertiary/aromatic N) is 3. The van der Waals surface area contributed by atoms with E-state index in [9.17, 15) is 13.2 Å². The van der Waals surface area contributed by atoms with Crippen molar-refractivity contribution in [3.8, 4) is 0 Å². The quantitative estimate of drug-likeness (QED) is 0.587. The molecule has 2 aliphatic rings. The summed E-state index contributed by atoms with van der Waals surface area (Å²) in [7, 11) is -3.42. The SMILES string of the molecule is O=C(C1CCN(c2ccncc2)CC1)N1CCC(S(=O)(=O)c2ccc3ccccc3c2)CC1. The first-order valence-corrected chi connectivity index (χ1v) is 13.2. The van der Waals surface area contributed by atoms with Crippen LogP contribution in [-0.4, -0.2) is 55.6 Å². The van der Waals surface area contributed by atoms with Crippen molar-refractivity contribution in [2.75, 3.05) is 31.1 Å². The topological polar surface area (TPSA) is 70.6 Å². The molecule has 2 aromatic carbocycles.